The molecule has 3 aromatic rings. The minimum Gasteiger partial charge on any atom is -0.497 e. The zero-order valence-electron chi connectivity index (χ0n) is 13.9. The average molecular weight is 355 g/mol. The number of hydrogen-bond acceptors (Lipinski definition) is 6. The zero-order chi connectivity index (χ0) is 17.6. The van der Waals surface area contributed by atoms with Gasteiger partial charge < -0.3 is 9.15 Å². The van der Waals surface area contributed by atoms with Crippen LogP contribution in [0.5, 0.6) is 5.75 Å². The van der Waals surface area contributed by atoms with Crippen LogP contribution in [0.15, 0.2) is 57.8 Å². The summed E-state index contributed by atoms with van der Waals surface area (Å²) in [5.74, 6) is 0.813. The van der Waals surface area contributed by atoms with Crippen LogP contribution in [0.3, 0.4) is 0 Å². The molecule has 7 heteroatoms. The number of thioether (sulfide) groups is 1. The van der Waals surface area contributed by atoms with Gasteiger partial charge in [0, 0.05) is 10.5 Å². The number of amides is 1. The van der Waals surface area contributed by atoms with E-state index >= 15 is 0 Å². The van der Waals surface area contributed by atoms with Gasteiger partial charge in [0.2, 0.25) is 5.89 Å². The monoisotopic (exact) mass is 355 g/mol. The van der Waals surface area contributed by atoms with Gasteiger partial charge in [0.15, 0.2) is 0 Å². The normalized spacial score (nSPS) is 10.5. The van der Waals surface area contributed by atoms with E-state index < -0.39 is 0 Å². The van der Waals surface area contributed by atoms with E-state index in [0.717, 1.165) is 5.56 Å². The number of anilines is 1. The van der Waals surface area contributed by atoms with Gasteiger partial charge in [0.25, 0.3) is 5.91 Å². The Morgan fingerprint density at radius 3 is 2.48 bits per heavy atom. The highest BCUT2D eigenvalue weighted by Gasteiger charge is 2.12. The molecule has 2 aromatic carbocycles. The summed E-state index contributed by atoms with van der Waals surface area (Å²) in [7, 11) is 1.57. The molecule has 0 radical (unpaired) electrons. The fourth-order valence-corrected chi connectivity index (χ4v) is 2.61. The molecule has 128 valence electrons. The van der Waals surface area contributed by atoms with Crippen molar-refractivity contribution in [3.8, 4) is 5.75 Å². The summed E-state index contributed by atoms with van der Waals surface area (Å²) in [5, 5.41) is 10.4. The van der Waals surface area contributed by atoms with Gasteiger partial charge in [-0.1, -0.05) is 17.2 Å². The van der Waals surface area contributed by atoms with E-state index in [-0.39, 0.29) is 11.9 Å². The highest BCUT2D eigenvalue weighted by molar-refractivity contribution is 7.98. The van der Waals surface area contributed by atoms with E-state index in [9.17, 15) is 4.79 Å². The molecular formula is C18H17N3O3S. The molecule has 0 saturated heterocycles. The third kappa shape index (κ3) is 4.39. The number of rotatable bonds is 6. The van der Waals surface area contributed by atoms with E-state index in [0.29, 0.717) is 23.6 Å². The van der Waals surface area contributed by atoms with Crippen molar-refractivity contribution >= 4 is 23.7 Å². The lowest BCUT2D eigenvalue weighted by molar-refractivity contribution is 0.102. The van der Waals surface area contributed by atoms with Crippen LogP contribution in [0.2, 0.25) is 0 Å². The maximum absolute atomic E-state index is 12.2. The minimum absolute atomic E-state index is 0.0801. The topological polar surface area (TPSA) is 77.2 Å². The van der Waals surface area contributed by atoms with Gasteiger partial charge in [-0.3, -0.25) is 10.1 Å². The molecule has 25 heavy (non-hydrogen) atoms. The Kier molecular flexibility index (Phi) is 5.35. The Morgan fingerprint density at radius 2 is 1.84 bits per heavy atom. The molecule has 0 aliphatic rings. The van der Waals surface area contributed by atoms with Gasteiger partial charge >= 0.3 is 6.01 Å². The first kappa shape index (κ1) is 17.0. The van der Waals surface area contributed by atoms with Gasteiger partial charge in [-0.25, -0.2) is 0 Å². The molecule has 0 atom stereocenters. The molecule has 0 fully saturated rings. The predicted octanol–water partition coefficient (Wildman–Crippen LogP) is 3.64. The van der Waals surface area contributed by atoms with Crippen LogP contribution in [0.4, 0.5) is 6.01 Å². The van der Waals surface area contributed by atoms with Crippen molar-refractivity contribution in [1.29, 1.82) is 0 Å². The van der Waals surface area contributed by atoms with Gasteiger partial charge in [0.1, 0.15) is 5.75 Å². The van der Waals surface area contributed by atoms with Gasteiger partial charge in [-0.2, -0.15) is 0 Å². The number of hydrogen-bond donors (Lipinski definition) is 1. The second-order valence-corrected chi connectivity index (χ2v) is 6.09. The molecule has 0 bridgehead atoms. The Bertz CT molecular complexity index is 845. The summed E-state index contributed by atoms with van der Waals surface area (Å²) < 4.78 is 10.6. The van der Waals surface area contributed by atoms with Crippen molar-refractivity contribution in [1.82, 2.24) is 10.2 Å². The number of methoxy groups -OCH3 is 1. The molecule has 3 rings (SSSR count). The van der Waals surface area contributed by atoms with E-state index in [1.165, 1.54) is 4.90 Å². The van der Waals surface area contributed by atoms with Crippen LogP contribution in [-0.2, 0) is 6.42 Å². The molecule has 0 aliphatic carbocycles. The number of nitrogens with zero attached hydrogens (tertiary/aromatic N) is 2. The number of carbonyl (C=O) groups excluding carboxylic acids is 1. The van der Waals surface area contributed by atoms with Crippen molar-refractivity contribution < 1.29 is 13.9 Å². The Balaban J connectivity index is 1.63. The lowest BCUT2D eigenvalue weighted by atomic mass is 10.1. The lowest BCUT2D eigenvalue weighted by Gasteiger charge is -2.02. The number of carbonyl (C=O) groups is 1. The van der Waals surface area contributed by atoms with Gasteiger partial charge in [-0.05, 0) is 48.2 Å². The fourth-order valence-electron chi connectivity index (χ4n) is 2.21. The molecule has 0 saturated carbocycles. The predicted molar refractivity (Wildman–Crippen MR) is 96.3 cm³/mol. The molecular weight excluding hydrogens is 338 g/mol. The third-order valence-electron chi connectivity index (χ3n) is 3.55. The second-order valence-electron chi connectivity index (χ2n) is 5.21. The molecule has 1 N–H and O–H groups in total. The first-order valence-electron chi connectivity index (χ1n) is 7.58. The minimum atomic E-state index is -0.317. The van der Waals surface area contributed by atoms with E-state index in [1.54, 1.807) is 43.1 Å². The molecule has 0 spiro atoms. The van der Waals surface area contributed by atoms with Crippen LogP contribution >= 0.6 is 11.8 Å². The zero-order valence-corrected chi connectivity index (χ0v) is 14.7. The van der Waals surface area contributed by atoms with E-state index in [2.05, 4.69) is 15.5 Å². The first-order valence-corrected chi connectivity index (χ1v) is 8.81. The molecule has 1 amide bonds. The van der Waals surface area contributed by atoms with Crippen LogP contribution < -0.4 is 10.1 Å². The highest BCUT2D eigenvalue weighted by Crippen LogP contribution is 2.18. The quantitative estimate of drug-likeness (QED) is 0.680. The van der Waals surface area contributed by atoms with Gasteiger partial charge in [-0.15, -0.1) is 16.9 Å². The number of aromatic nitrogens is 2. The second kappa shape index (κ2) is 7.85. The lowest BCUT2D eigenvalue weighted by Crippen LogP contribution is -2.11. The SMILES string of the molecule is COc1ccc(C(=O)Nc2nnc(Cc3ccc(SC)cc3)o2)cc1. The van der Waals surface area contributed by atoms with Crippen molar-refractivity contribution in [2.45, 2.75) is 11.3 Å². The fraction of sp³-hybridized carbons (Fsp3) is 0.167. The van der Waals surface area contributed by atoms with Crippen LogP contribution in [-0.4, -0.2) is 29.5 Å². The molecule has 6 nitrogen and oxygen atoms in total. The number of ether oxygens (including phenoxy) is 1. The van der Waals surface area contributed by atoms with Gasteiger partial charge in [0.05, 0.1) is 13.5 Å². The molecule has 0 unspecified atom stereocenters. The maximum Gasteiger partial charge on any atom is 0.322 e. The first-order chi connectivity index (χ1) is 12.2. The van der Waals surface area contributed by atoms with Crippen LogP contribution in [0.25, 0.3) is 0 Å². The molecule has 0 aliphatic heterocycles. The van der Waals surface area contributed by atoms with Crippen molar-refractivity contribution in [2.75, 3.05) is 18.7 Å². The summed E-state index contributed by atoms with van der Waals surface area (Å²) in [4.78, 5) is 13.4. The highest BCUT2D eigenvalue weighted by atomic mass is 32.2. The van der Waals surface area contributed by atoms with Crippen molar-refractivity contribution in [3.63, 3.8) is 0 Å². The summed E-state index contributed by atoms with van der Waals surface area (Å²) in [6.45, 7) is 0. The standard InChI is InChI=1S/C18H17N3O3S/c1-23-14-7-5-13(6-8-14)17(22)19-18-21-20-16(24-18)11-12-3-9-15(25-2)10-4-12/h3-10H,11H2,1-2H3,(H,19,21,22). The smallest absolute Gasteiger partial charge is 0.322 e. The molecule has 1 aromatic heterocycles. The summed E-state index contributed by atoms with van der Waals surface area (Å²) in [5.41, 5.74) is 1.54. The molecule has 1 heterocycles. The third-order valence-corrected chi connectivity index (χ3v) is 4.30. The Labute approximate surface area is 149 Å². The summed E-state index contributed by atoms with van der Waals surface area (Å²) in [6, 6.07) is 15.0. The Morgan fingerprint density at radius 1 is 1.12 bits per heavy atom. The Hall–Kier alpha value is -2.80. The van der Waals surface area contributed by atoms with E-state index in [4.69, 9.17) is 9.15 Å². The number of benzene rings is 2. The van der Waals surface area contributed by atoms with Crippen molar-refractivity contribution in [2.24, 2.45) is 0 Å². The largest absolute Gasteiger partial charge is 0.497 e. The maximum atomic E-state index is 12.2. The van der Waals surface area contributed by atoms with Crippen LogP contribution in [0, 0.1) is 0 Å². The summed E-state index contributed by atoms with van der Waals surface area (Å²) in [6.07, 6.45) is 2.55. The van der Waals surface area contributed by atoms with Crippen molar-refractivity contribution in [3.05, 3.63) is 65.5 Å². The van der Waals surface area contributed by atoms with Crippen LogP contribution in [0.1, 0.15) is 21.8 Å². The average Bonchev–Trinajstić information content (AvgIpc) is 3.09. The summed E-state index contributed by atoms with van der Waals surface area (Å²) >= 11 is 1.69. The van der Waals surface area contributed by atoms with E-state index in [1.807, 2.05) is 30.5 Å². The number of nitrogens with one attached hydrogen (secondary N) is 1.